The number of aryl methyl sites for hydroxylation is 1. The number of morpholine rings is 1. The lowest BCUT2D eigenvalue weighted by atomic mass is 10.1. The molecule has 0 saturated carbocycles. The first-order valence-electron chi connectivity index (χ1n) is 11.9. The average molecular weight is 487 g/mol. The maximum Gasteiger partial charge on any atom is 0.255 e. The normalized spacial score (nSPS) is 16.9. The van der Waals surface area contributed by atoms with Gasteiger partial charge < -0.3 is 19.9 Å². The molecular weight excluding hydrogens is 455 g/mol. The molecule has 2 saturated heterocycles. The smallest absolute Gasteiger partial charge is 0.255 e. The number of halogens is 1. The van der Waals surface area contributed by atoms with Crippen LogP contribution in [-0.2, 0) is 20.7 Å². The summed E-state index contributed by atoms with van der Waals surface area (Å²) < 4.78 is 18.6. The fraction of sp³-hybridized carbons (Fsp3) is 0.500. The molecule has 0 bridgehead atoms. The minimum Gasteiger partial charge on any atom is -0.378 e. The molecule has 2 aromatic rings. The lowest BCUT2D eigenvalue weighted by Crippen LogP contribution is -2.50. The monoisotopic (exact) mass is 486 g/mol. The maximum absolute atomic E-state index is 13.3. The second-order valence-corrected chi connectivity index (χ2v) is 8.77. The van der Waals surface area contributed by atoms with Gasteiger partial charge in [0.15, 0.2) is 0 Å². The Morgan fingerprint density at radius 3 is 2.57 bits per heavy atom. The van der Waals surface area contributed by atoms with Crippen molar-refractivity contribution in [2.75, 3.05) is 69.2 Å². The number of piperazine rings is 1. The van der Waals surface area contributed by atoms with E-state index in [1.807, 2.05) is 9.80 Å². The lowest BCUT2D eigenvalue weighted by molar-refractivity contribution is -0.133. The summed E-state index contributed by atoms with van der Waals surface area (Å²) in [7, 11) is 0. The van der Waals surface area contributed by atoms with Gasteiger partial charge in [-0.2, -0.15) is 0 Å². The van der Waals surface area contributed by atoms with Crippen LogP contribution in [0.2, 0.25) is 0 Å². The topological polar surface area (TPSA) is 111 Å². The van der Waals surface area contributed by atoms with Crippen molar-refractivity contribution in [1.82, 2.24) is 19.8 Å². The summed E-state index contributed by atoms with van der Waals surface area (Å²) >= 11 is 0. The number of benzene rings is 1. The molecule has 2 aliphatic rings. The Bertz CT molecular complexity index is 1110. The summed E-state index contributed by atoms with van der Waals surface area (Å²) in [5.74, 6) is -0.109. The predicted octanol–water partition coefficient (Wildman–Crippen LogP) is 0.770. The quantitative estimate of drug-likeness (QED) is 0.595. The predicted molar refractivity (Wildman–Crippen MR) is 129 cm³/mol. The molecule has 35 heavy (non-hydrogen) atoms. The molecule has 2 amide bonds. The molecule has 2 aliphatic heterocycles. The number of aromatic amines is 1. The number of rotatable bonds is 7. The van der Waals surface area contributed by atoms with Crippen LogP contribution in [-0.4, -0.2) is 90.6 Å². The molecule has 0 spiro atoms. The number of ether oxygens (including phenoxy) is 1. The molecule has 1 aromatic carbocycles. The van der Waals surface area contributed by atoms with Crippen LogP contribution in [0.5, 0.6) is 0 Å². The Hall–Kier alpha value is -3.31. The first-order chi connectivity index (χ1) is 16.9. The number of amides is 2. The number of carbonyl (C=O) groups is 2. The number of hydrogen-bond donors (Lipinski definition) is 2. The van der Waals surface area contributed by atoms with Crippen molar-refractivity contribution in [3.8, 4) is 0 Å². The van der Waals surface area contributed by atoms with Gasteiger partial charge in [0.25, 0.3) is 5.56 Å². The van der Waals surface area contributed by atoms with Crippen molar-refractivity contribution < 1.29 is 18.7 Å². The van der Waals surface area contributed by atoms with Crippen LogP contribution in [0, 0.1) is 12.7 Å². The average Bonchev–Trinajstić information content (AvgIpc) is 2.84. The summed E-state index contributed by atoms with van der Waals surface area (Å²) in [6.45, 7) is 6.69. The molecule has 1 aromatic heterocycles. The molecule has 2 N–H and O–H groups in total. The molecular formula is C24H31FN6O4. The van der Waals surface area contributed by atoms with Gasteiger partial charge in [-0.1, -0.05) is 6.07 Å². The van der Waals surface area contributed by atoms with E-state index in [4.69, 9.17) is 4.74 Å². The molecule has 0 unspecified atom stereocenters. The van der Waals surface area contributed by atoms with Crippen molar-refractivity contribution in [3.63, 3.8) is 0 Å². The van der Waals surface area contributed by atoms with Crippen molar-refractivity contribution in [3.05, 3.63) is 51.7 Å². The molecule has 4 rings (SSSR count). The number of anilines is 2. The molecule has 0 aliphatic carbocycles. The maximum atomic E-state index is 13.3. The van der Waals surface area contributed by atoms with Gasteiger partial charge in [-0.15, -0.1) is 0 Å². The van der Waals surface area contributed by atoms with Gasteiger partial charge in [0.2, 0.25) is 17.8 Å². The third-order valence-electron chi connectivity index (χ3n) is 6.31. The zero-order chi connectivity index (χ0) is 24.8. The van der Waals surface area contributed by atoms with E-state index in [0.717, 1.165) is 0 Å². The zero-order valence-electron chi connectivity index (χ0n) is 19.9. The van der Waals surface area contributed by atoms with Crippen molar-refractivity contribution >= 4 is 23.5 Å². The van der Waals surface area contributed by atoms with E-state index in [0.29, 0.717) is 81.8 Å². The Morgan fingerprint density at radius 2 is 1.89 bits per heavy atom. The van der Waals surface area contributed by atoms with Gasteiger partial charge in [0, 0.05) is 62.6 Å². The van der Waals surface area contributed by atoms with E-state index < -0.39 is 5.82 Å². The van der Waals surface area contributed by atoms with E-state index in [-0.39, 0.29) is 30.3 Å². The number of hydrogen-bond acceptors (Lipinski definition) is 7. The molecule has 11 heteroatoms. The molecule has 0 radical (unpaired) electrons. The minimum atomic E-state index is -0.407. The molecule has 0 atom stereocenters. The zero-order valence-corrected chi connectivity index (χ0v) is 19.9. The fourth-order valence-electron chi connectivity index (χ4n) is 4.33. The van der Waals surface area contributed by atoms with Crippen LogP contribution in [0.4, 0.5) is 16.0 Å². The first kappa shape index (κ1) is 24.8. The molecule has 10 nitrogen and oxygen atoms in total. The second kappa shape index (κ2) is 11.4. The van der Waals surface area contributed by atoms with Crippen molar-refractivity contribution in [2.24, 2.45) is 0 Å². The van der Waals surface area contributed by atoms with Crippen LogP contribution in [0.15, 0.2) is 29.1 Å². The fourth-order valence-corrected chi connectivity index (χ4v) is 4.33. The van der Waals surface area contributed by atoms with E-state index in [1.54, 1.807) is 24.0 Å². The van der Waals surface area contributed by atoms with Crippen LogP contribution < -0.4 is 15.8 Å². The standard InChI is InChI=1S/C24H31FN6O4/c1-17-20(23(34)28-24(26-17)31-11-13-35-14-12-31)5-6-22(33)30-9-7-29(8-10-30)16-21(32)27-19-4-2-3-18(25)15-19/h2-4,15H,5-14,16H2,1H3,(H,27,32)(H,26,28,34). The van der Waals surface area contributed by atoms with E-state index >= 15 is 0 Å². The van der Waals surface area contributed by atoms with Gasteiger partial charge >= 0.3 is 0 Å². The summed E-state index contributed by atoms with van der Waals surface area (Å²) in [6, 6.07) is 5.77. The number of nitrogens with zero attached hydrogens (tertiary/aromatic N) is 4. The molecule has 3 heterocycles. The second-order valence-electron chi connectivity index (χ2n) is 8.77. The van der Waals surface area contributed by atoms with Crippen LogP contribution in [0.3, 0.4) is 0 Å². The molecule has 188 valence electrons. The van der Waals surface area contributed by atoms with Gasteiger partial charge in [-0.05, 0) is 31.5 Å². The SMILES string of the molecule is Cc1nc(N2CCOCC2)[nH]c(=O)c1CCC(=O)N1CCN(CC(=O)Nc2cccc(F)c2)CC1. The minimum absolute atomic E-state index is 0.0232. The number of nitrogens with one attached hydrogen (secondary N) is 2. The van der Waals surface area contributed by atoms with Gasteiger partial charge in [0.05, 0.1) is 19.8 Å². The summed E-state index contributed by atoms with van der Waals surface area (Å²) in [4.78, 5) is 50.8. The highest BCUT2D eigenvalue weighted by atomic mass is 19.1. The summed E-state index contributed by atoms with van der Waals surface area (Å²) in [5, 5.41) is 2.69. The largest absolute Gasteiger partial charge is 0.378 e. The van der Waals surface area contributed by atoms with Crippen molar-refractivity contribution in [1.29, 1.82) is 0 Å². The Kier molecular flexibility index (Phi) is 8.09. The first-order valence-corrected chi connectivity index (χ1v) is 11.9. The van der Waals surface area contributed by atoms with Crippen LogP contribution in [0.1, 0.15) is 17.7 Å². The van der Waals surface area contributed by atoms with Crippen LogP contribution >= 0.6 is 0 Å². The highest BCUT2D eigenvalue weighted by Crippen LogP contribution is 2.13. The highest BCUT2D eigenvalue weighted by molar-refractivity contribution is 5.92. The summed E-state index contributed by atoms with van der Waals surface area (Å²) in [5.41, 5.74) is 1.38. The van der Waals surface area contributed by atoms with Gasteiger partial charge in [0.1, 0.15) is 5.82 Å². The Balaban J connectivity index is 1.23. The van der Waals surface area contributed by atoms with Crippen molar-refractivity contribution in [2.45, 2.75) is 19.8 Å². The summed E-state index contributed by atoms with van der Waals surface area (Å²) in [6.07, 6.45) is 0.551. The highest BCUT2D eigenvalue weighted by Gasteiger charge is 2.23. The van der Waals surface area contributed by atoms with E-state index in [9.17, 15) is 18.8 Å². The number of aromatic nitrogens is 2. The number of carbonyl (C=O) groups excluding carboxylic acids is 2. The Labute approximate surface area is 203 Å². The molecule has 2 fully saturated rings. The lowest BCUT2D eigenvalue weighted by Gasteiger charge is -2.34. The van der Waals surface area contributed by atoms with Crippen LogP contribution in [0.25, 0.3) is 0 Å². The van der Waals surface area contributed by atoms with Gasteiger partial charge in [-0.25, -0.2) is 9.37 Å². The van der Waals surface area contributed by atoms with Gasteiger partial charge in [-0.3, -0.25) is 24.3 Å². The van der Waals surface area contributed by atoms with E-state index in [2.05, 4.69) is 15.3 Å². The number of H-pyrrole nitrogens is 1. The third kappa shape index (κ3) is 6.64. The Morgan fingerprint density at radius 1 is 1.14 bits per heavy atom. The third-order valence-corrected chi connectivity index (χ3v) is 6.31. The van der Waals surface area contributed by atoms with E-state index in [1.165, 1.54) is 12.1 Å².